The summed E-state index contributed by atoms with van der Waals surface area (Å²) in [7, 11) is 0. The molecule has 0 unspecified atom stereocenters. The highest BCUT2D eigenvalue weighted by Gasteiger charge is 2.30. The van der Waals surface area contributed by atoms with E-state index in [1.54, 1.807) is 6.21 Å². The lowest BCUT2D eigenvalue weighted by Crippen LogP contribution is -2.31. The molecule has 1 fully saturated rings. The van der Waals surface area contributed by atoms with Crippen LogP contribution in [0.25, 0.3) is 0 Å². The molecule has 1 atom stereocenters. The lowest BCUT2D eigenvalue weighted by Gasteiger charge is -2.04. The van der Waals surface area contributed by atoms with Crippen molar-refractivity contribution in [3.05, 3.63) is 35.4 Å². The maximum atomic E-state index is 11.5. The van der Waals surface area contributed by atoms with Crippen LogP contribution in [-0.2, 0) is 9.59 Å². The summed E-state index contributed by atoms with van der Waals surface area (Å²) in [5.74, 6) is -1.18. The van der Waals surface area contributed by atoms with Crippen molar-refractivity contribution in [2.75, 3.05) is 0 Å². The number of amides is 1. The molecular formula is C15H16N3O3S-. The number of nitrogens with one attached hydrogen (secondary N) is 1. The molecule has 1 amide bonds. The first-order chi connectivity index (χ1) is 10.5. The number of benzene rings is 1. The predicted molar refractivity (Wildman–Crippen MR) is 84.7 cm³/mol. The van der Waals surface area contributed by atoms with Crippen molar-refractivity contribution in [2.45, 2.75) is 31.4 Å². The monoisotopic (exact) mass is 318 g/mol. The van der Waals surface area contributed by atoms with Gasteiger partial charge in [-0.25, -0.2) is 0 Å². The zero-order valence-corrected chi connectivity index (χ0v) is 13.1. The molecule has 1 heterocycles. The Morgan fingerprint density at radius 3 is 2.68 bits per heavy atom. The fourth-order valence-electron chi connectivity index (χ4n) is 1.85. The average Bonchev–Trinajstić information content (AvgIpc) is 2.79. The molecule has 0 aromatic heterocycles. The maximum Gasteiger partial charge on any atom is 0.239 e. The fourth-order valence-corrected chi connectivity index (χ4v) is 2.76. The molecule has 1 aromatic carbocycles. The normalized spacial score (nSPS) is 20.0. The van der Waals surface area contributed by atoms with Crippen molar-refractivity contribution in [1.82, 2.24) is 5.32 Å². The molecular weight excluding hydrogens is 302 g/mol. The summed E-state index contributed by atoms with van der Waals surface area (Å²) < 4.78 is 0. The second-order valence-electron chi connectivity index (χ2n) is 5.14. The van der Waals surface area contributed by atoms with Gasteiger partial charge in [-0.3, -0.25) is 4.79 Å². The lowest BCUT2D eigenvalue weighted by molar-refractivity contribution is -0.305. The molecule has 7 heteroatoms. The predicted octanol–water partition coefficient (Wildman–Crippen LogP) is 0.871. The van der Waals surface area contributed by atoms with Gasteiger partial charge < -0.3 is 15.2 Å². The molecule has 1 aliphatic heterocycles. The van der Waals surface area contributed by atoms with E-state index in [4.69, 9.17) is 0 Å². The molecule has 0 radical (unpaired) electrons. The number of hydrogen-bond acceptors (Lipinski definition) is 6. The van der Waals surface area contributed by atoms with E-state index in [0.717, 1.165) is 17.3 Å². The van der Waals surface area contributed by atoms with Gasteiger partial charge in [-0.1, -0.05) is 49.9 Å². The number of carbonyl (C=O) groups is 2. The minimum atomic E-state index is -1.26. The van der Waals surface area contributed by atoms with Crippen LogP contribution in [0.15, 0.2) is 34.5 Å². The van der Waals surface area contributed by atoms with Crippen molar-refractivity contribution >= 4 is 35.0 Å². The van der Waals surface area contributed by atoms with Crippen LogP contribution < -0.4 is 10.4 Å². The third kappa shape index (κ3) is 4.42. The van der Waals surface area contributed by atoms with Crippen LogP contribution >= 0.6 is 11.8 Å². The number of hydrogen-bond donors (Lipinski definition) is 1. The molecule has 1 N–H and O–H groups in total. The summed E-state index contributed by atoms with van der Waals surface area (Å²) in [6.07, 6.45) is 1.24. The number of carboxylic acid groups (broad SMARTS) is 1. The number of amidine groups is 1. The number of aliphatic carboxylic acids is 1. The van der Waals surface area contributed by atoms with Gasteiger partial charge in [0.1, 0.15) is 0 Å². The Bertz CT molecular complexity index is 623. The molecule has 0 bridgehead atoms. The highest BCUT2D eigenvalue weighted by Crippen LogP contribution is 2.22. The van der Waals surface area contributed by atoms with E-state index in [1.165, 1.54) is 5.56 Å². The third-order valence-electron chi connectivity index (χ3n) is 3.09. The molecule has 116 valence electrons. The first kappa shape index (κ1) is 16.2. The second kappa shape index (κ2) is 7.22. The van der Waals surface area contributed by atoms with Gasteiger partial charge in [-0.2, -0.15) is 5.10 Å². The molecule has 6 nitrogen and oxygen atoms in total. The lowest BCUT2D eigenvalue weighted by atomic mass is 10.0. The molecule has 2 rings (SSSR count). The van der Waals surface area contributed by atoms with Gasteiger partial charge in [0.05, 0.1) is 11.5 Å². The largest absolute Gasteiger partial charge is 0.550 e. The van der Waals surface area contributed by atoms with Gasteiger partial charge in [-0.05, 0) is 17.0 Å². The first-order valence-electron chi connectivity index (χ1n) is 6.84. The van der Waals surface area contributed by atoms with E-state index < -0.39 is 11.2 Å². The Kier molecular flexibility index (Phi) is 5.32. The van der Waals surface area contributed by atoms with Crippen LogP contribution in [0.1, 0.15) is 37.3 Å². The quantitative estimate of drug-likeness (QED) is 0.644. The molecule has 0 saturated carbocycles. The minimum Gasteiger partial charge on any atom is -0.550 e. The van der Waals surface area contributed by atoms with Gasteiger partial charge in [0, 0.05) is 12.4 Å². The molecule has 1 aliphatic rings. The highest BCUT2D eigenvalue weighted by atomic mass is 32.2. The smallest absolute Gasteiger partial charge is 0.239 e. The Hall–Kier alpha value is -2.15. The van der Waals surface area contributed by atoms with Crippen LogP contribution in [0.4, 0.5) is 0 Å². The third-order valence-corrected chi connectivity index (χ3v) is 4.16. The van der Waals surface area contributed by atoms with Crippen LogP contribution in [0.5, 0.6) is 0 Å². The van der Waals surface area contributed by atoms with E-state index >= 15 is 0 Å². The fraction of sp³-hybridized carbons (Fsp3) is 0.333. The summed E-state index contributed by atoms with van der Waals surface area (Å²) in [6.45, 7) is 4.25. The van der Waals surface area contributed by atoms with Crippen LogP contribution in [0.3, 0.4) is 0 Å². The van der Waals surface area contributed by atoms with Gasteiger partial charge in [0.25, 0.3) is 0 Å². The first-order valence-corrected chi connectivity index (χ1v) is 7.72. The van der Waals surface area contributed by atoms with Gasteiger partial charge in [-0.15, -0.1) is 5.10 Å². The summed E-state index contributed by atoms with van der Waals surface area (Å²) in [5.41, 5.74) is 2.14. The molecule has 22 heavy (non-hydrogen) atoms. The summed E-state index contributed by atoms with van der Waals surface area (Å²) in [4.78, 5) is 22.0. The van der Waals surface area contributed by atoms with Gasteiger partial charge in [0.2, 0.25) is 5.91 Å². The van der Waals surface area contributed by atoms with E-state index in [2.05, 4.69) is 29.4 Å². The molecule has 0 aliphatic carbocycles. The molecule has 0 spiro atoms. The van der Waals surface area contributed by atoms with E-state index in [0.29, 0.717) is 11.1 Å². The van der Waals surface area contributed by atoms with E-state index in [-0.39, 0.29) is 12.3 Å². The zero-order chi connectivity index (χ0) is 16.1. The number of carbonyl (C=O) groups excluding carboxylic acids is 2. The van der Waals surface area contributed by atoms with E-state index in [1.807, 2.05) is 24.3 Å². The standard InChI is InChI=1S/C15H17N3O3S/c1-9(2)11-5-3-10(4-6-11)8-16-18-15-17-14(21)12(22-15)7-13(19)20/h3-6,8-9,12H,7H2,1-2H3,(H,19,20)(H,17,18,21)/p-1/b16-8-/t12-/m0/s1. The summed E-state index contributed by atoms with van der Waals surface area (Å²) >= 11 is 1.04. The molecule has 1 aromatic rings. The highest BCUT2D eigenvalue weighted by molar-refractivity contribution is 8.15. The van der Waals surface area contributed by atoms with Crippen molar-refractivity contribution in [3.8, 4) is 0 Å². The van der Waals surface area contributed by atoms with Gasteiger partial charge in [0.15, 0.2) is 5.17 Å². The van der Waals surface area contributed by atoms with Crippen molar-refractivity contribution in [3.63, 3.8) is 0 Å². The maximum absolute atomic E-state index is 11.5. The van der Waals surface area contributed by atoms with Crippen LogP contribution in [-0.4, -0.2) is 28.5 Å². The second-order valence-corrected chi connectivity index (χ2v) is 6.33. The number of rotatable bonds is 5. The van der Waals surface area contributed by atoms with E-state index in [9.17, 15) is 14.7 Å². The van der Waals surface area contributed by atoms with Gasteiger partial charge >= 0.3 is 0 Å². The van der Waals surface area contributed by atoms with Crippen LogP contribution in [0.2, 0.25) is 0 Å². The molecule has 1 saturated heterocycles. The Balaban J connectivity index is 1.96. The van der Waals surface area contributed by atoms with Crippen molar-refractivity contribution in [2.24, 2.45) is 10.2 Å². The summed E-state index contributed by atoms with van der Waals surface area (Å²) in [6, 6.07) is 7.94. The van der Waals surface area contributed by atoms with Crippen molar-refractivity contribution in [1.29, 1.82) is 0 Å². The summed E-state index contributed by atoms with van der Waals surface area (Å²) in [5, 5.41) is 20.4. The topological polar surface area (TPSA) is 94.0 Å². The Morgan fingerprint density at radius 2 is 2.09 bits per heavy atom. The minimum absolute atomic E-state index is 0.298. The Labute approximate surface area is 132 Å². The van der Waals surface area contributed by atoms with Crippen molar-refractivity contribution < 1.29 is 14.7 Å². The average molecular weight is 318 g/mol. The number of carboxylic acids is 1. The number of thioether (sulfide) groups is 1. The SMILES string of the molecule is CC(C)c1ccc(/C=N\N=C2\NC(=O)[C@H](CC(=O)[O-])S2)cc1. The Morgan fingerprint density at radius 1 is 1.41 bits per heavy atom. The zero-order valence-electron chi connectivity index (χ0n) is 12.3. The van der Waals surface area contributed by atoms with Crippen LogP contribution in [0, 0.1) is 0 Å². The number of nitrogens with zero attached hydrogens (tertiary/aromatic N) is 2.